The van der Waals surface area contributed by atoms with E-state index in [4.69, 9.17) is 4.74 Å². The third-order valence-corrected chi connectivity index (χ3v) is 2.80. The first-order valence-electron chi connectivity index (χ1n) is 6.00. The van der Waals surface area contributed by atoms with Gasteiger partial charge in [-0.3, -0.25) is 4.99 Å². The quantitative estimate of drug-likeness (QED) is 0.646. The molecule has 1 aromatic rings. The molecule has 1 aliphatic heterocycles. The summed E-state index contributed by atoms with van der Waals surface area (Å²) in [5, 5.41) is 1.62. The van der Waals surface area contributed by atoms with Crippen LogP contribution in [0.25, 0.3) is 0 Å². The van der Waals surface area contributed by atoms with Crippen LogP contribution in [0, 0.1) is 0 Å². The highest BCUT2D eigenvalue weighted by atomic mass is 16.5. The van der Waals surface area contributed by atoms with Gasteiger partial charge < -0.3 is 4.74 Å². The van der Waals surface area contributed by atoms with Crippen LogP contribution in [0.1, 0.15) is 0 Å². The third-order valence-electron chi connectivity index (χ3n) is 2.80. The molecule has 0 amide bonds. The highest BCUT2D eigenvalue weighted by Crippen LogP contribution is 2.16. The Bertz CT molecular complexity index is 775. The molecule has 3 rings (SSSR count). The molecular formula is C16H12N2O. The Kier molecular flexibility index (Phi) is 2.97. The van der Waals surface area contributed by atoms with Gasteiger partial charge in [-0.15, -0.1) is 5.73 Å². The van der Waals surface area contributed by atoms with Crippen molar-refractivity contribution in [2.75, 3.05) is 6.54 Å². The van der Waals surface area contributed by atoms with Gasteiger partial charge in [0.25, 0.3) is 0 Å². The van der Waals surface area contributed by atoms with Crippen molar-refractivity contribution in [2.45, 2.75) is 0 Å². The monoisotopic (exact) mass is 248 g/mol. The molecule has 0 atom stereocenters. The highest BCUT2D eigenvalue weighted by Gasteiger charge is 2.07. The van der Waals surface area contributed by atoms with Crippen molar-refractivity contribution in [1.29, 1.82) is 0 Å². The molecule has 3 nitrogen and oxygen atoms in total. The number of para-hydroxylation sites is 2. The Morgan fingerprint density at radius 1 is 1.21 bits per heavy atom. The molecular weight excluding hydrogens is 236 g/mol. The van der Waals surface area contributed by atoms with Crippen LogP contribution in [-0.4, -0.2) is 6.54 Å². The zero-order valence-corrected chi connectivity index (χ0v) is 10.3. The molecule has 0 bridgehead atoms. The summed E-state index contributed by atoms with van der Waals surface area (Å²) in [6, 6.07) is 7.70. The van der Waals surface area contributed by atoms with E-state index in [1.165, 1.54) is 0 Å². The Morgan fingerprint density at radius 2 is 2.05 bits per heavy atom. The fourth-order valence-corrected chi connectivity index (χ4v) is 1.89. The second-order valence-corrected chi connectivity index (χ2v) is 4.14. The predicted octanol–water partition coefficient (Wildman–Crippen LogP) is 1.96. The van der Waals surface area contributed by atoms with Gasteiger partial charge in [-0.1, -0.05) is 24.3 Å². The minimum absolute atomic E-state index is 0.352. The van der Waals surface area contributed by atoms with Crippen LogP contribution in [0.4, 0.5) is 0 Å². The average Bonchev–Trinajstić information content (AvgIpc) is 2.59. The molecule has 0 saturated heterocycles. The first kappa shape index (κ1) is 11.5. The number of benzene rings is 1. The highest BCUT2D eigenvalue weighted by molar-refractivity contribution is 5.35. The fourth-order valence-electron chi connectivity index (χ4n) is 1.89. The first-order chi connectivity index (χ1) is 9.33. The number of fused-ring (bicyclic) bond motifs is 1. The lowest BCUT2D eigenvalue weighted by Gasteiger charge is -2.07. The molecule has 3 heteroatoms. The van der Waals surface area contributed by atoms with E-state index in [0.29, 0.717) is 18.2 Å². The van der Waals surface area contributed by atoms with Crippen molar-refractivity contribution in [3.8, 4) is 0 Å². The number of nitrogens with zero attached hydrogens (tertiary/aromatic N) is 2. The summed E-state index contributed by atoms with van der Waals surface area (Å²) in [5.74, 6) is 1.04. The number of rotatable bonds is 0. The lowest BCUT2D eigenvalue weighted by molar-refractivity contribution is 0.313. The lowest BCUT2D eigenvalue weighted by Crippen LogP contribution is -2.25. The van der Waals surface area contributed by atoms with Gasteiger partial charge in [0.2, 0.25) is 5.88 Å². The standard InChI is InChI=1S/C16H12N2O/c1-12-18-15-9-6-5-8-14(15)17-11-13-7-3-2-4-10-16(13)19-12/h2-3,5-10H,1,11H2. The molecule has 1 heterocycles. The smallest absolute Gasteiger partial charge is 0.212 e. The van der Waals surface area contributed by atoms with E-state index in [1.54, 1.807) is 6.08 Å². The molecule has 0 radical (unpaired) electrons. The van der Waals surface area contributed by atoms with Gasteiger partial charge in [0.1, 0.15) is 5.76 Å². The van der Waals surface area contributed by atoms with E-state index in [2.05, 4.69) is 22.3 Å². The average molecular weight is 248 g/mol. The number of ether oxygens (including phenoxy) is 1. The van der Waals surface area contributed by atoms with Gasteiger partial charge in [-0.05, 0) is 24.8 Å². The Morgan fingerprint density at radius 3 is 2.95 bits per heavy atom. The normalized spacial score (nSPS) is 16.9. The summed E-state index contributed by atoms with van der Waals surface area (Å²) < 4.78 is 5.68. The molecule has 19 heavy (non-hydrogen) atoms. The number of allylic oxidation sites excluding steroid dienone is 2. The van der Waals surface area contributed by atoms with Crippen LogP contribution in [-0.2, 0) is 4.74 Å². The maximum atomic E-state index is 5.68. The molecule has 2 aliphatic rings. The number of hydrogen-bond acceptors (Lipinski definition) is 3. The maximum Gasteiger partial charge on any atom is 0.212 e. The van der Waals surface area contributed by atoms with Crippen LogP contribution in [0.3, 0.4) is 0 Å². The Hall–Kier alpha value is -2.64. The predicted molar refractivity (Wildman–Crippen MR) is 72.7 cm³/mol. The van der Waals surface area contributed by atoms with Gasteiger partial charge in [0, 0.05) is 11.6 Å². The van der Waals surface area contributed by atoms with Crippen LogP contribution >= 0.6 is 0 Å². The lowest BCUT2D eigenvalue weighted by atomic mass is 10.2. The molecule has 1 aromatic carbocycles. The summed E-state index contributed by atoms with van der Waals surface area (Å²) in [6.07, 6.45) is 7.50. The van der Waals surface area contributed by atoms with Crippen LogP contribution in [0.15, 0.2) is 88.1 Å². The van der Waals surface area contributed by atoms with Crippen molar-refractivity contribution < 1.29 is 4.74 Å². The third kappa shape index (κ3) is 2.46. The second kappa shape index (κ2) is 4.92. The molecule has 0 aromatic heterocycles. The summed E-state index contributed by atoms with van der Waals surface area (Å²) in [4.78, 5) is 8.94. The van der Waals surface area contributed by atoms with Crippen molar-refractivity contribution in [1.82, 2.24) is 0 Å². The zero-order chi connectivity index (χ0) is 13.1. The molecule has 92 valence electrons. The van der Waals surface area contributed by atoms with E-state index in [-0.39, 0.29) is 0 Å². The molecule has 1 aliphatic carbocycles. The van der Waals surface area contributed by atoms with Gasteiger partial charge in [0.15, 0.2) is 0 Å². The van der Waals surface area contributed by atoms with E-state index < -0.39 is 0 Å². The summed E-state index contributed by atoms with van der Waals surface area (Å²) >= 11 is 0. The van der Waals surface area contributed by atoms with E-state index in [0.717, 1.165) is 16.3 Å². The fraction of sp³-hybridized carbons (Fsp3) is 0.0625. The van der Waals surface area contributed by atoms with Gasteiger partial charge in [-0.25, -0.2) is 4.99 Å². The van der Waals surface area contributed by atoms with Crippen molar-refractivity contribution in [3.63, 3.8) is 0 Å². The van der Waals surface area contributed by atoms with Crippen LogP contribution in [0.5, 0.6) is 0 Å². The summed E-state index contributed by atoms with van der Waals surface area (Å²) in [7, 11) is 0. The van der Waals surface area contributed by atoms with E-state index in [1.807, 2.05) is 42.5 Å². The molecule has 0 N–H and O–H groups in total. The zero-order valence-electron chi connectivity index (χ0n) is 10.3. The number of hydrogen-bond donors (Lipinski definition) is 0. The van der Waals surface area contributed by atoms with Crippen molar-refractivity contribution >= 4 is 0 Å². The van der Waals surface area contributed by atoms with Crippen molar-refractivity contribution in [2.24, 2.45) is 9.98 Å². The van der Waals surface area contributed by atoms with Crippen molar-refractivity contribution in [3.05, 3.63) is 88.8 Å². The first-order valence-corrected chi connectivity index (χ1v) is 6.00. The topological polar surface area (TPSA) is 34.0 Å². The molecule has 0 saturated carbocycles. The largest absolute Gasteiger partial charge is 0.439 e. The minimum atomic E-state index is 0.352. The van der Waals surface area contributed by atoms with E-state index >= 15 is 0 Å². The molecule has 0 unspecified atom stereocenters. The summed E-state index contributed by atoms with van der Waals surface area (Å²) in [5.41, 5.74) is 3.99. The SMILES string of the molecule is C=C1N=c2ccccc2=NCC2=C(C=C=CC=C2)O1. The van der Waals surface area contributed by atoms with Gasteiger partial charge in [-0.2, -0.15) is 0 Å². The molecule has 0 fully saturated rings. The van der Waals surface area contributed by atoms with Gasteiger partial charge in [0.05, 0.1) is 17.3 Å². The second-order valence-electron chi connectivity index (χ2n) is 4.14. The Balaban J connectivity index is 2.18. The molecule has 0 spiro atoms. The Labute approximate surface area is 111 Å². The van der Waals surface area contributed by atoms with Gasteiger partial charge >= 0.3 is 0 Å². The van der Waals surface area contributed by atoms with Crippen LogP contribution in [0.2, 0.25) is 0 Å². The maximum absolute atomic E-state index is 5.68. The minimum Gasteiger partial charge on any atom is -0.439 e. The summed E-state index contributed by atoms with van der Waals surface area (Å²) in [6.45, 7) is 4.37. The van der Waals surface area contributed by atoms with Crippen LogP contribution < -0.4 is 10.7 Å². The van der Waals surface area contributed by atoms with E-state index in [9.17, 15) is 0 Å².